The van der Waals surface area contributed by atoms with E-state index in [9.17, 15) is 9.59 Å². The molecule has 1 aromatic rings. The number of nitrogens with one attached hydrogen (secondary N) is 1. The minimum absolute atomic E-state index is 0.183. The van der Waals surface area contributed by atoms with E-state index >= 15 is 0 Å². The normalized spacial score (nSPS) is 22.1. The summed E-state index contributed by atoms with van der Waals surface area (Å²) in [6, 6.07) is 5.67. The Labute approximate surface area is 159 Å². The van der Waals surface area contributed by atoms with Crippen molar-refractivity contribution >= 4 is 18.0 Å². The van der Waals surface area contributed by atoms with Crippen molar-refractivity contribution in [3.63, 3.8) is 0 Å². The number of hydrogen-bond acceptors (Lipinski definition) is 5. The zero-order valence-corrected chi connectivity index (χ0v) is 15.7. The SMILES string of the molecule is C[C@H]1CCCC[C@@H]1NC(=O)COC(=O)/C=C/c1ccc2c(c1)OCCCO2. The van der Waals surface area contributed by atoms with Gasteiger partial charge < -0.3 is 19.5 Å². The quantitative estimate of drug-likeness (QED) is 0.634. The number of carbonyl (C=O) groups is 2. The molecule has 0 radical (unpaired) electrons. The number of hydrogen-bond donors (Lipinski definition) is 1. The van der Waals surface area contributed by atoms with Gasteiger partial charge in [0.05, 0.1) is 13.2 Å². The molecule has 146 valence electrons. The lowest BCUT2D eigenvalue weighted by atomic mass is 9.86. The summed E-state index contributed by atoms with van der Waals surface area (Å²) in [5.41, 5.74) is 0.802. The van der Waals surface area contributed by atoms with E-state index in [-0.39, 0.29) is 18.6 Å². The van der Waals surface area contributed by atoms with Gasteiger partial charge in [-0.15, -0.1) is 0 Å². The fourth-order valence-electron chi connectivity index (χ4n) is 3.41. The maximum Gasteiger partial charge on any atom is 0.331 e. The summed E-state index contributed by atoms with van der Waals surface area (Å²) in [6.45, 7) is 3.13. The van der Waals surface area contributed by atoms with Crippen molar-refractivity contribution in [2.24, 2.45) is 5.92 Å². The van der Waals surface area contributed by atoms with Crippen LogP contribution in [-0.2, 0) is 14.3 Å². The topological polar surface area (TPSA) is 73.9 Å². The minimum Gasteiger partial charge on any atom is -0.490 e. The molecule has 1 N–H and O–H groups in total. The molecule has 1 amide bonds. The molecule has 0 aromatic heterocycles. The van der Waals surface area contributed by atoms with Crippen LogP contribution in [0.15, 0.2) is 24.3 Å². The summed E-state index contributed by atoms with van der Waals surface area (Å²) in [7, 11) is 0. The van der Waals surface area contributed by atoms with E-state index in [1.165, 1.54) is 12.5 Å². The second-order valence-electron chi connectivity index (χ2n) is 7.13. The second-order valence-corrected chi connectivity index (χ2v) is 7.13. The van der Waals surface area contributed by atoms with Gasteiger partial charge in [-0.2, -0.15) is 0 Å². The van der Waals surface area contributed by atoms with Crippen LogP contribution in [0.2, 0.25) is 0 Å². The number of esters is 1. The van der Waals surface area contributed by atoms with E-state index in [0.717, 1.165) is 31.2 Å². The van der Waals surface area contributed by atoms with Crippen LogP contribution in [-0.4, -0.2) is 37.7 Å². The highest BCUT2D eigenvalue weighted by Gasteiger charge is 2.22. The Hall–Kier alpha value is -2.50. The molecule has 0 bridgehead atoms. The highest BCUT2D eigenvalue weighted by Crippen LogP contribution is 2.30. The first-order chi connectivity index (χ1) is 13.1. The molecule has 2 aliphatic rings. The third-order valence-corrected chi connectivity index (χ3v) is 4.99. The van der Waals surface area contributed by atoms with Gasteiger partial charge in [-0.25, -0.2) is 4.79 Å². The molecule has 0 unspecified atom stereocenters. The summed E-state index contributed by atoms with van der Waals surface area (Å²) in [5, 5.41) is 2.97. The molecule has 6 nitrogen and oxygen atoms in total. The van der Waals surface area contributed by atoms with E-state index in [0.29, 0.717) is 30.6 Å². The highest BCUT2D eigenvalue weighted by molar-refractivity contribution is 5.89. The van der Waals surface area contributed by atoms with Gasteiger partial charge in [0.15, 0.2) is 18.1 Å². The van der Waals surface area contributed by atoms with Crippen LogP contribution in [0.1, 0.15) is 44.6 Å². The number of rotatable bonds is 5. The largest absolute Gasteiger partial charge is 0.490 e. The Bertz CT molecular complexity index is 700. The lowest BCUT2D eigenvalue weighted by Gasteiger charge is -2.29. The molecule has 6 heteroatoms. The smallest absolute Gasteiger partial charge is 0.331 e. The highest BCUT2D eigenvalue weighted by atomic mass is 16.5. The monoisotopic (exact) mass is 373 g/mol. The molecule has 0 saturated heterocycles. The van der Waals surface area contributed by atoms with Gasteiger partial charge in [-0.05, 0) is 42.5 Å². The van der Waals surface area contributed by atoms with Crippen molar-refractivity contribution in [2.75, 3.05) is 19.8 Å². The summed E-state index contributed by atoms with van der Waals surface area (Å²) in [5.74, 6) is 1.06. The van der Waals surface area contributed by atoms with Crippen LogP contribution in [0, 0.1) is 5.92 Å². The first-order valence-electron chi connectivity index (χ1n) is 9.65. The predicted molar refractivity (Wildman–Crippen MR) is 102 cm³/mol. The average Bonchev–Trinajstić information content (AvgIpc) is 2.91. The fraction of sp³-hybridized carbons (Fsp3) is 0.524. The molecule has 1 heterocycles. The summed E-state index contributed by atoms with van der Waals surface area (Å²) in [4.78, 5) is 23.9. The maximum atomic E-state index is 12.0. The molecule has 1 aliphatic heterocycles. The Kier molecular flexibility index (Phi) is 6.74. The second kappa shape index (κ2) is 9.44. The van der Waals surface area contributed by atoms with Gasteiger partial charge in [-0.3, -0.25) is 4.79 Å². The van der Waals surface area contributed by atoms with Gasteiger partial charge >= 0.3 is 5.97 Å². The summed E-state index contributed by atoms with van der Waals surface area (Å²) in [6.07, 6.45) is 8.26. The lowest BCUT2D eigenvalue weighted by molar-refractivity contribution is -0.144. The Balaban J connectivity index is 1.46. The van der Waals surface area contributed by atoms with E-state index in [1.807, 2.05) is 18.2 Å². The van der Waals surface area contributed by atoms with Crippen molar-refractivity contribution in [3.8, 4) is 11.5 Å². The van der Waals surface area contributed by atoms with E-state index in [2.05, 4.69) is 12.2 Å². The average molecular weight is 373 g/mol. The lowest BCUT2D eigenvalue weighted by Crippen LogP contribution is -2.42. The standard InChI is InChI=1S/C21H27NO5/c1-15-5-2-3-6-17(15)22-20(23)14-27-21(24)10-8-16-7-9-18-19(13-16)26-12-4-11-25-18/h7-10,13,15,17H,2-6,11-12,14H2,1H3,(H,22,23)/b10-8+/t15-,17-/m0/s1. The van der Waals surface area contributed by atoms with Crippen LogP contribution in [0.4, 0.5) is 0 Å². The van der Waals surface area contributed by atoms with Crippen molar-refractivity contribution in [1.82, 2.24) is 5.32 Å². The van der Waals surface area contributed by atoms with Crippen molar-refractivity contribution < 1.29 is 23.8 Å². The molecule has 0 spiro atoms. The zero-order valence-electron chi connectivity index (χ0n) is 15.7. The van der Waals surface area contributed by atoms with Gasteiger partial charge in [0, 0.05) is 18.5 Å². The Morgan fingerprint density at radius 2 is 1.93 bits per heavy atom. The Morgan fingerprint density at radius 3 is 2.74 bits per heavy atom. The number of amides is 1. The third-order valence-electron chi connectivity index (χ3n) is 4.99. The first kappa shape index (κ1) is 19.3. The Morgan fingerprint density at radius 1 is 1.15 bits per heavy atom. The van der Waals surface area contributed by atoms with Crippen molar-refractivity contribution in [1.29, 1.82) is 0 Å². The molecular weight excluding hydrogens is 346 g/mol. The molecule has 1 fully saturated rings. The molecule has 3 rings (SSSR count). The van der Waals surface area contributed by atoms with E-state index in [4.69, 9.17) is 14.2 Å². The molecule has 1 aliphatic carbocycles. The van der Waals surface area contributed by atoms with Crippen LogP contribution < -0.4 is 14.8 Å². The van der Waals surface area contributed by atoms with Gasteiger partial charge in [0.2, 0.25) is 0 Å². The van der Waals surface area contributed by atoms with E-state index in [1.54, 1.807) is 6.08 Å². The molecule has 1 aromatic carbocycles. The zero-order chi connectivity index (χ0) is 19.1. The van der Waals surface area contributed by atoms with Crippen molar-refractivity contribution in [2.45, 2.75) is 45.1 Å². The van der Waals surface area contributed by atoms with Crippen LogP contribution in [0.5, 0.6) is 11.5 Å². The minimum atomic E-state index is -0.547. The molecule has 27 heavy (non-hydrogen) atoms. The molecular formula is C21H27NO5. The van der Waals surface area contributed by atoms with Crippen LogP contribution >= 0.6 is 0 Å². The first-order valence-corrected chi connectivity index (χ1v) is 9.65. The molecule has 1 saturated carbocycles. The van der Waals surface area contributed by atoms with Gasteiger partial charge in [0.25, 0.3) is 5.91 Å². The van der Waals surface area contributed by atoms with Gasteiger partial charge in [-0.1, -0.05) is 25.8 Å². The predicted octanol–water partition coefficient (Wildman–Crippen LogP) is 3.10. The van der Waals surface area contributed by atoms with Gasteiger partial charge in [0.1, 0.15) is 0 Å². The van der Waals surface area contributed by atoms with Crippen LogP contribution in [0.25, 0.3) is 6.08 Å². The number of carbonyl (C=O) groups excluding carboxylic acids is 2. The number of fused-ring (bicyclic) bond motifs is 1. The molecule has 2 atom stereocenters. The maximum absolute atomic E-state index is 12.0. The van der Waals surface area contributed by atoms with Crippen molar-refractivity contribution in [3.05, 3.63) is 29.8 Å². The van der Waals surface area contributed by atoms with Crippen LogP contribution in [0.3, 0.4) is 0 Å². The number of ether oxygens (including phenoxy) is 3. The third kappa shape index (κ3) is 5.74. The van der Waals surface area contributed by atoms with E-state index < -0.39 is 5.97 Å². The fourth-order valence-corrected chi connectivity index (χ4v) is 3.41. The number of benzene rings is 1. The summed E-state index contributed by atoms with van der Waals surface area (Å²) < 4.78 is 16.2. The summed E-state index contributed by atoms with van der Waals surface area (Å²) >= 11 is 0.